The Balaban J connectivity index is 0.975. The first kappa shape index (κ1) is 34.2. The van der Waals surface area contributed by atoms with Crippen molar-refractivity contribution in [1.82, 2.24) is 4.57 Å². The fourth-order valence-electron chi connectivity index (χ4n) is 9.95. The summed E-state index contributed by atoms with van der Waals surface area (Å²) in [5, 5.41) is 15.2. The molecule has 0 fully saturated rings. The normalized spacial score (nSPS) is 11.9. The molecule has 0 radical (unpaired) electrons. The van der Waals surface area contributed by atoms with Crippen molar-refractivity contribution >= 4 is 113 Å². The number of fused-ring (bicyclic) bond motifs is 13. The molecule has 2 heterocycles. The molecule has 13 rings (SSSR count). The third-order valence-electron chi connectivity index (χ3n) is 12.7. The molecule has 0 atom stereocenters. The molecule has 11 aromatic carbocycles. The van der Waals surface area contributed by atoms with E-state index in [0.717, 1.165) is 17.1 Å². The van der Waals surface area contributed by atoms with Crippen LogP contribution in [0.1, 0.15) is 0 Å². The third kappa shape index (κ3) is 5.28. The average molecular weight is 793 g/mol. The van der Waals surface area contributed by atoms with Crippen molar-refractivity contribution in [3.05, 3.63) is 218 Å². The Hall–Kier alpha value is -7.72. The number of anilines is 3. The van der Waals surface area contributed by atoms with Gasteiger partial charge < -0.3 is 9.47 Å². The highest BCUT2D eigenvalue weighted by Crippen LogP contribution is 2.44. The predicted octanol–water partition coefficient (Wildman–Crippen LogP) is 16.9. The lowest BCUT2D eigenvalue weighted by Crippen LogP contribution is -2.09. The molecule has 284 valence electrons. The maximum Gasteiger partial charge on any atom is 0.0541 e. The Morgan fingerprint density at radius 1 is 0.295 bits per heavy atom. The van der Waals surface area contributed by atoms with E-state index in [1.54, 1.807) is 0 Å². The lowest BCUT2D eigenvalue weighted by atomic mass is 9.94. The summed E-state index contributed by atoms with van der Waals surface area (Å²) >= 11 is 1.86. The molecule has 2 nitrogen and oxygen atoms in total. The van der Waals surface area contributed by atoms with Gasteiger partial charge >= 0.3 is 0 Å². The van der Waals surface area contributed by atoms with Crippen LogP contribution in [-0.2, 0) is 0 Å². The van der Waals surface area contributed by atoms with Crippen molar-refractivity contribution in [2.45, 2.75) is 0 Å². The van der Waals surface area contributed by atoms with Crippen molar-refractivity contribution in [2.75, 3.05) is 4.90 Å². The lowest BCUT2D eigenvalue weighted by molar-refractivity contribution is 1.20. The van der Waals surface area contributed by atoms with Crippen molar-refractivity contribution in [3.8, 4) is 16.8 Å². The molecule has 0 spiro atoms. The highest BCUT2D eigenvalue weighted by atomic mass is 32.1. The molecule has 13 aromatic rings. The second-order valence-corrected chi connectivity index (χ2v) is 17.1. The summed E-state index contributed by atoms with van der Waals surface area (Å²) < 4.78 is 5.04. The fraction of sp³-hybridized carbons (Fsp3) is 0. The van der Waals surface area contributed by atoms with E-state index >= 15 is 0 Å². The van der Waals surface area contributed by atoms with Gasteiger partial charge in [-0.05, 0) is 122 Å². The van der Waals surface area contributed by atoms with E-state index in [2.05, 4.69) is 228 Å². The van der Waals surface area contributed by atoms with Crippen LogP contribution >= 0.6 is 11.3 Å². The van der Waals surface area contributed by atoms with E-state index in [-0.39, 0.29) is 0 Å². The van der Waals surface area contributed by atoms with Gasteiger partial charge in [0, 0.05) is 53.4 Å². The van der Waals surface area contributed by atoms with E-state index in [9.17, 15) is 0 Å². The molecule has 0 aliphatic heterocycles. The van der Waals surface area contributed by atoms with E-state index in [4.69, 9.17) is 0 Å². The highest BCUT2D eigenvalue weighted by Gasteiger charge is 2.19. The second kappa shape index (κ2) is 13.4. The van der Waals surface area contributed by atoms with Crippen LogP contribution in [0.4, 0.5) is 17.1 Å². The van der Waals surface area contributed by atoms with Crippen LogP contribution in [0.25, 0.3) is 102 Å². The molecular formula is C58H36N2S. The number of para-hydroxylation sites is 1. The minimum atomic E-state index is 1.11. The van der Waals surface area contributed by atoms with E-state index in [1.807, 2.05) is 11.3 Å². The summed E-state index contributed by atoms with van der Waals surface area (Å²) in [6.07, 6.45) is 0. The summed E-state index contributed by atoms with van der Waals surface area (Å²) in [7, 11) is 0. The number of benzene rings is 11. The smallest absolute Gasteiger partial charge is 0.0541 e. The van der Waals surface area contributed by atoms with Gasteiger partial charge in [0.2, 0.25) is 0 Å². The summed E-state index contributed by atoms with van der Waals surface area (Å²) in [4.78, 5) is 2.43. The van der Waals surface area contributed by atoms with Crippen molar-refractivity contribution < 1.29 is 0 Å². The number of aromatic nitrogens is 1. The zero-order valence-electron chi connectivity index (χ0n) is 33.1. The van der Waals surface area contributed by atoms with Crippen LogP contribution in [0, 0.1) is 0 Å². The van der Waals surface area contributed by atoms with Crippen molar-refractivity contribution in [2.24, 2.45) is 0 Å². The summed E-state index contributed by atoms with van der Waals surface area (Å²) in [6, 6.07) is 80.6. The van der Waals surface area contributed by atoms with Gasteiger partial charge in [-0.1, -0.05) is 146 Å². The van der Waals surface area contributed by atoms with Crippen molar-refractivity contribution in [1.29, 1.82) is 0 Å². The molecule has 0 N–H and O–H groups in total. The first-order chi connectivity index (χ1) is 30.2. The van der Waals surface area contributed by atoms with E-state index in [1.165, 1.54) is 102 Å². The van der Waals surface area contributed by atoms with Crippen LogP contribution in [0.2, 0.25) is 0 Å². The quantitative estimate of drug-likeness (QED) is 0.158. The van der Waals surface area contributed by atoms with E-state index in [0.29, 0.717) is 0 Å². The maximum absolute atomic E-state index is 2.43. The van der Waals surface area contributed by atoms with Gasteiger partial charge in [-0.3, -0.25) is 0 Å². The van der Waals surface area contributed by atoms with Crippen LogP contribution in [0.15, 0.2) is 218 Å². The Morgan fingerprint density at radius 3 is 1.59 bits per heavy atom. The van der Waals surface area contributed by atoms with Crippen LogP contribution < -0.4 is 4.90 Å². The Kier molecular flexibility index (Phi) is 7.51. The number of thiophene rings is 1. The third-order valence-corrected chi connectivity index (χ3v) is 13.9. The Morgan fingerprint density at radius 2 is 0.820 bits per heavy atom. The topological polar surface area (TPSA) is 8.17 Å². The molecule has 61 heavy (non-hydrogen) atoms. The molecule has 0 unspecified atom stereocenters. The minimum Gasteiger partial charge on any atom is -0.310 e. The van der Waals surface area contributed by atoms with Gasteiger partial charge in [0.25, 0.3) is 0 Å². The van der Waals surface area contributed by atoms with Gasteiger partial charge in [0.05, 0.1) is 16.7 Å². The summed E-state index contributed by atoms with van der Waals surface area (Å²) in [5.41, 5.74) is 9.37. The SMILES string of the molecule is c1ccc2c(-n3c4ccccc4c4cc(-c5ccc(N(c6ccc7sc8ccccc8c7c6)c6ccc7c8ccccc8c8ccccc8c7c6)cc5)ccc43)cccc2c1. The highest BCUT2D eigenvalue weighted by molar-refractivity contribution is 7.25. The molecule has 0 saturated heterocycles. The van der Waals surface area contributed by atoms with E-state index < -0.39 is 0 Å². The molecule has 0 saturated carbocycles. The van der Waals surface area contributed by atoms with Gasteiger partial charge in [-0.25, -0.2) is 0 Å². The standard InChI is InChI=1S/C58H36N2S/c1-2-14-43-38(12-1)13-11-22-54(43)60-55-21-9-7-19-49(55)52-34-39(26-32-56(52)60)37-24-27-40(28-25-37)59(42-30-33-58-53(36-42)50-20-8-10-23-57(50)61-58)41-29-31-48-46-17-4-3-15-44(46)45-16-5-6-18-47(45)51(48)35-41/h1-36H. The monoisotopic (exact) mass is 792 g/mol. The second-order valence-electron chi connectivity index (χ2n) is 16.1. The number of hydrogen-bond donors (Lipinski definition) is 0. The molecule has 3 heteroatoms. The Labute approximate surface area is 356 Å². The molecule has 0 aliphatic carbocycles. The van der Waals surface area contributed by atoms with Crippen LogP contribution in [0.5, 0.6) is 0 Å². The summed E-state index contributed by atoms with van der Waals surface area (Å²) in [6.45, 7) is 0. The first-order valence-corrected chi connectivity index (χ1v) is 21.7. The van der Waals surface area contributed by atoms with Crippen LogP contribution in [-0.4, -0.2) is 4.57 Å². The minimum absolute atomic E-state index is 1.11. The van der Waals surface area contributed by atoms with Gasteiger partial charge in [-0.15, -0.1) is 11.3 Å². The van der Waals surface area contributed by atoms with Gasteiger partial charge in [-0.2, -0.15) is 0 Å². The lowest BCUT2D eigenvalue weighted by Gasteiger charge is -2.26. The zero-order chi connectivity index (χ0) is 40.0. The van der Waals surface area contributed by atoms with Gasteiger partial charge in [0.15, 0.2) is 0 Å². The number of nitrogens with zero attached hydrogens (tertiary/aromatic N) is 2. The maximum atomic E-state index is 2.43. The van der Waals surface area contributed by atoms with Crippen molar-refractivity contribution in [3.63, 3.8) is 0 Å². The number of hydrogen-bond acceptors (Lipinski definition) is 2. The largest absolute Gasteiger partial charge is 0.310 e. The molecule has 0 amide bonds. The van der Waals surface area contributed by atoms with Gasteiger partial charge in [0.1, 0.15) is 0 Å². The predicted molar refractivity (Wildman–Crippen MR) is 264 cm³/mol. The molecule has 0 bridgehead atoms. The Bertz CT molecular complexity index is 3850. The fourth-order valence-corrected chi connectivity index (χ4v) is 11.0. The number of rotatable bonds is 5. The summed E-state index contributed by atoms with van der Waals surface area (Å²) in [5.74, 6) is 0. The molecular weight excluding hydrogens is 757 g/mol. The zero-order valence-corrected chi connectivity index (χ0v) is 33.9. The van der Waals surface area contributed by atoms with Crippen LogP contribution in [0.3, 0.4) is 0 Å². The molecule has 2 aromatic heterocycles. The average Bonchev–Trinajstić information content (AvgIpc) is 3.87. The first-order valence-electron chi connectivity index (χ1n) is 20.9. The molecule has 0 aliphatic rings.